The van der Waals surface area contributed by atoms with Gasteiger partial charge in [-0.3, -0.25) is 4.99 Å². The highest BCUT2D eigenvalue weighted by molar-refractivity contribution is 7.09. The van der Waals surface area contributed by atoms with Crippen molar-refractivity contribution in [3.63, 3.8) is 0 Å². The third-order valence-corrected chi connectivity index (χ3v) is 4.45. The number of aromatic nitrogens is 1. The van der Waals surface area contributed by atoms with Crippen molar-refractivity contribution >= 4 is 17.3 Å². The maximum atomic E-state index is 5.55. The average Bonchev–Trinajstić information content (AvgIpc) is 3.09. The molecule has 0 radical (unpaired) electrons. The standard InChI is InChI=1S/C18H26N4OS/c1-4-23-17-15(7-5-9-20-17)13-22-18(19-3)21-12-14(2)11-16-8-6-10-24-16/h5-10,14H,4,11-13H2,1-3H3,(H2,19,21,22). The first-order valence-corrected chi connectivity index (χ1v) is 9.14. The van der Waals surface area contributed by atoms with Crippen molar-refractivity contribution in [3.8, 4) is 5.88 Å². The first-order valence-electron chi connectivity index (χ1n) is 8.26. The van der Waals surface area contributed by atoms with Gasteiger partial charge < -0.3 is 15.4 Å². The van der Waals surface area contributed by atoms with Gasteiger partial charge in [-0.05, 0) is 36.8 Å². The van der Waals surface area contributed by atoms with E-state index < -0.39 is 0 Å². The average molecular weight is 347 g/mol. The predicted molar refractivity (Wildman–Crippen MR) is 101 cm³/mol. The zero-order valence-electron chi connectivity index (χ0n) is 14.6. The second kappa shape index (κ2) is 9.93. The van der Waals surface area contributed by atoms with Gasteiger partial charge in [0.1, 0.15) is 0 Å². The summed E-state index contributed by atoms with van der Waals surface area (Å²) in [5.41, 5.74) is 1.02. The van der Waals surface area contributed by atoms with Crippen molar-refractivity contribution in [1.82, 2.24) is 15.6 Å². The van der Waals surface area contributed by atoms with Crippen molar-refractivity contribution in [1.29, 1.82) is 0 Å². The van der Waals surface area contributed by atoms with Crippen LogP contribution in [0.5, 0.6) is 5.88 Å². The minimum absolute atomic E-state index is 0.541. The van der Waals surface area contributed by atoms with Crippen LogP contribution in [0.25, 0.3) is 0 Å². The van der Waals surface area contributed by atoms with Gasteiger partial charge in [-0.15, -0.1) is 11.3 Å². The minimum Gasteiger partial charge on any atom is -0.478 e. The van der Waals surface area contributed by atoms with Crippen LogP contribution in [0.3, 0.4) is 0 Å². The number of nitrogens with one attached hydrogen (secondary N) is 2. The number of pyridine rings is 1. The van der Waals surface area contributed by atoms with E-state index in [0.29, 0.717) is 24.9 Å². The van der Waals surface area contributed by atoms with Crippen molar-refractivity contribution in [2.45, 2.75) is 26.8 Å². The van der Waals surface area contributed by atoms with Crippen molar-refractivity contribution in [3.05, 3.63) is 46.3 Å². The lowest BCUT2D eigenvalue weighted by Gasteiger charge is -2.16. The number of hydrogen-bond acceptors (Lipinski definition) is 4. The molecule has 1 atom stereocenters. The van der Waals surface area contributed by atoms with E-state index in [1.165, 1.54) is 4.88 Å². The zero-order valence-corrected chi connectivity index (χ0v) is 15.4. The molecule has 1 unspecified atom stereocenters. The normalized spacial score (nSPS) is 12.7. The number of nitrogens with zero attached hydrogens (tertiary/aromatic N) is 2. The molecular formula is C18H26N4OS. The molecule has 0 bridgehead atoms. The van der Waals surface area contributed by atoms with Gasteiger partial charge in [0.05, 0.1) is 6.61 Å². The molecule has 6 heteroatoms. The molecule has 130 valence electrons. The molecule has 2 N–H and O–H groups in total. The Hall–Kier alpha value is -2.08. The maximum Gasteiger partial charge on any atom is 0.218 e. The number of hydrogen-bond donors (Lipinski definition) is 2. The Morgan fingerprint density at radius 2 is 2.21 bits per heavy atom. The van der Waals surface area contributed by atoms with Crippen LogP contribution >= 0.6 is 11.3 Å². The molecule has 0 aliphatic carbocycles. The summed E-state index contributed by atoms with van der Waals surface area (Å²) in [6, 6.07) is 8.22. The van der Waals surface area contributed by atoms with Gasteiger partial charge in [0.25, 0.3) is 0 Å². The summed E-state index contributed by atoms with van der Waals surface area (Å²) in [4.78, 5) is 9.97. The Labute approximate surface area is 148 Å². The van der Waals surface area contributed by atoms with E-state index in [-0.39, 0.29) is 0 Å². The van der Waals surface area contributed by atoms with Gasteiger partial charge in [0.15, 0.2) is 5.96 Å². The fourth-order valence-electron chi connectivity index (χ4n) is 2.34. The summed E-state index contributed by atoms with van der Waals surface area (Å²) < 4.78 is 5.55. The first-order chi connectivity index (χ1) is 11.7. The molecule has 0 aliphatic heterocycles. The number of rotatable bonds is 8. The van der Waals surface area contributed by atoms with Crippen molar-refractivity contribution in [2.75, 3.05) is 20.2 Å². The Morgan fingerprint density at radius 3 is 2.92 bits per heavy atom. The van der Waals surface area contributed by atoms with E-state index in [2.05, 4.69) is 45.0 Å². The summed E-state index contributed by atoms with van der Waals surface area (Å²) in [6.45, 7) is 6.32. The summed E-state index contributed by atoms with van der Waals surface area (Å²) >= 11 is 1.81. The van der Waals surface area contributed by atoms with E-state index in [1.807, 2.05) is 30.4 Å². The summed E-state index contributed by atoms with van der Waals surface area (Å²) in [6.07, 6.45) is 2.83. The number of aliphatic imine (C=N–C) groups is 1. The molecule has 2 aromatic heterocycles. The highest BCUT2D eigenvalue weighted by Crippen LogP contribution is 2.14. The third-order valence-electron chi connectivity index (χ3n) is 3.55. The Morgan fingerprint density at radius 1 is 1.33 bits per heavy atom. The number of guanidine groups is 1. The molecule has 0 amide bonds. The van der Waals surface area contributed by atoms with Crippen LogP contribution in [-0.4, -0.2) is 31.1 Å². The van der Waals surface area contributed by atoms with Crippen LogP contribution in [0.1, 0.15) is 24.3 Å². The van der Waals surface area contributed by atoms with Crippen molar-refractivity contribution in [2.24, 2.45) is 10.9 Å². The van der Waals surface area contributed by atoms with Gasteiger partial charge >= 0.3 is 0 Å². The van der Waals surface area contributed by atoms with Gasteiger partial charge in [0.2, 0.25) is 5.88 Å². The summed E-state index contributed by atoms with van der Waals surface area (Å²) in [5, 5.41) is 8.83. The predicted octanol–water partition coefficient (Wildman–Crippen LogP) is 3.09. The van der Waals surface area contributed by atoms with E-state index >= 15 is 0 Å². The van der Waals surface area contributed by atoms with Crippen LogP contribution in [0, 0.1) is 5.92 Å². The first kappa shape index (κ1) is 18.3. The SMILES string of the molecule is CCOc1ncccc1CNC(=NC)NCC(C)Cc1cccs1. The van der Waals surface area contributed by atoms with Crippen LogP contribution < -0.4 is 15.4 Å². The molecular weight excluding hydrogens is 320 g/mol. The zero-order chi connectivity index (χ0) is 17.2. The molecule has 0 spiro atoms. The maximum absolute atomic E-state index is 5.55. The van der Waals surface area contributed by atoms with Crippen molar-refractivity contribution < 1.29 is 4.74 Å². The van der Waals surface area contributed by atoms with Gasteiger partial charge in [-0.1, -0.05) is 19.1 Å². The second-order valence-electron chi connectivity index (χ2n) is 5.60. The van der Waals surface area contributed by atoms with E-state index in [9.17, 15) is 0 Å². The van der Waals surface area contributed by atoms with Gasteiger partial charge in [0, 0.05) is 36.8 Å². The van der Waals surface area contributed by atoms with Crippen LogP contribution in [0.2, 0.25) is 0 Å². The van der Waals surface area contributed by atoms with E-state index in [1.54, 1.807) is 13.2 Å². The molecule has 2 rings (SSSR count). The summed E-state index contributed by atoms with van der Waals surface area (Å²) in [7, 11) is 1.78. The molecule has 5 nitrogen and oxygen atoms in total. The minimum atomic E-state index is 0.541. The molecule has 2 aromatic rings. The van der Waals surface area contributed by atoms with Crippen LogP contribution in [0.15, 0.2) is 40.8 Å². The van der Waals surface area contributed by atoms with E-state index in [4.69, 9.17) is 4.74 Å². The molecule has 0 aromatic carbocycles. The highest BCUT2D eigenvalue weighted by Gasteiger charge is 2.08. The molecule has 0 fully saturated rings. The Kier molecular flexibility index (Phi) is 7.55. The lowest BCUT2D eigenvalue weighted by atomic mass is 10.1. The quantitative estimate of drug-likeness (QED) is 0.570. The fraction of sp³-hybridized carbons (Fsp3) is 0.444. The Balaban J connectivity index is 1.80. The molecule has 0 saturated carbocycles. The molecule has 0 saturated heterocycles. The Bertz CT molecular complexity index is 628. The smallest absolute Gasteiger partial charge is 0.218 e. The third kappa shape index (κ3) is 5.85. The van der Waals surface area contributed by atoms with Crippen LogP contribution in [-0.2, 0) is 13.0 Å². The van der Waals surface area contributed by atoms with Crippen LogP contribution in [0.4, 0.5) is 0 Å². The molecule has 2 heterocycles. The lowest BCUT2D eigenvalue weighted by molar-refractivity contribution is 0.322. The van der Waals surface area contributed by atoms with E-state index in [0.717, 1.165) is 24.5 Å². The number of thiophene rings is 1. The molecule has 0 aliphatic rings. The fourth-order valence-corrected chi connectivity index (χ4v) is 3.21. The number of ether oxygens (including phenoxy) is 1. The van der Waals surface area contributed by atoms with Gasteiger partial charge in [-0.2, -0.15) is 0 Å². The lowest BCUT2D eigenvalue weighted by Crippen LogP contribution is -2.39. The second-order valence-corrected chi connectivity index (χ2v) is 6.63. The summed E-state index contributed by atoms with van der Waals surface area (Å²) in [5.74, 6) is 2.01. The molecule has 24 heavy (non-hydrogen) atoms. The van der Waals surface area contributed by atoms with Gasteiger partial charge in [-0.25, -0.2) is 4.98 Å². The monoisotopic (exact) mass is 346 g/mol. The largest absolute Gasteiger partial charge is 0.478 e. The topological polar surface area (TPSA) is 58.5 Å². The highest BCUT2D eigenvalue weighted by atomic mass is 32.1.